The lowest BCUT2D eigenvalue weighted by Gasteiger charge is -2.64. The van der Waals surface area contributed by atoms with Crippen molar-refractivity contribution in [2.24, 2.45) is 17.3 Å². The number of ketones is 1. The number of nitrogens with one attached hydrogen (secondary N) is 1. The van der Waals surface area contributed by atoms with E-state index in [0.29, 0.717) is 5.56 Å². The van der Waals surface area contributed by atoms with Gasteiger partial charge in [-0.3, -0.25) is 19.2 Å². The third-order valence-electron chi connectivity index (χ3n) is 12.8. The molecule has 3 aromatic rings. The molecule has 2 bridgehead atoms. The molecule has 2 saturated carbocycles. The number of ether oxygens (including phenoxy) is 5. The van der Waals surface area contributed by atoms with Gasteiger partial charge in [-0.25, -0.2) is 9.59 Å². The first-order valence-corrected chi connectivity index (χ1v) is 20.1. The molecule has 0 aromatic heterocycles. The van der Waals surface area contributed by atoms with E-state index in [2.05, 4.69) is 5.32 Å². The van der Waals surface area contributed by atoms with Crippen molar-refractivity contribution in [3.05, 3.63) is 119 Å². The lowest BCUT2D eigenvalue weighted by Crippen LogP contribution is -2.79. The minimum atomic E-state index is -2.37. The molecule has 15 heteroatoms. The van der Waals surface area contributed by atoms with Gasteiger partial charge in [0.15, 0.2) is 23.6 Å². The van der Waals surface area contributed by atoms with E-state index in [1.807, 2.05) is 0 Å². The number of amides is 1. The molecule has 4 aliphatic rings. The summed E-state index contributed by atoms with van der Waals surface area (Å²) in [6.07, 6.45) is -10.3. The maximum Gasteiger partial charge on any atom is 0.338 e. The Morgan fingerprint density at radius 3 is 1.98 bits per heavy atom. The van der Waals surface area contributed by atoms with Crippen molar-refractivity contribution in [1.29, 1.82) is 0 Å². The summed E-state index contributed by atoms with van der Waals surface area (Å²) in [7, 11) is 0. The molecular formula is C46H49NO14. The summed E-state index contributed by atoms with van der Waals surface area (Å²) < 4.78 is 30.0. The molecule has 1 aliphatic heterocycles. The highest BCUT2D eigenvalue weighted by atomic mass is 16.6. The monoisotopic (exact) mass is 839 g/mol. The van der Waals surface area contributed by atoms with Crippen LogP contribution in [0.15, 0.2) is 102 Å². The summed E-state index contributed by atoms with van der Waals surface area (Å²) in [5, 5.41) is 39.8. The van der Waals surface area contributed by atoms with Crippen LogP contribution in [0.2, 0.25) is 0 Å². The number of rotatable bonds is 10. The molecule has 4 N–H and O–H groups in total. The van der Waals surface area contributed by atoms with Gasteiger partial charge in [-0.05, 0) is 47.9 Å². The van der Waals surface area contributed by atoms with Crippen LogP contribution in [-0.4, -0.2) is 105 Å². The predicted octanol–water partition coefficient (Wildman–Crippen LogP) is 3.35. The fraction of sp³-hybridized carbons (Fsp3) is 0.435. The minimum Gasteiger partial charge on any atom is -0.456 e. The molecular weight excluding hydrogens is 790 g/mol. The van der Waals surface area contributed by atoms with Gasteiger partial charge in [0.25, 0.3) is 5.91 Å². The molecule has 15 nitrogen and oxygen atoms in total. The van der Waals surface area contributed by atoms with E-state index >= 15 is 4.79 Å². The van der Waals surface area contributed by atoms with E-state index in [1.54, 1.807) is 92.7 Å². The molecule has 1 saturated heterocycles. The highest BCUT2D eigenvalue weighted by molar-refractivity contribution is 5.95. The number of esters is 4. The number of hydrogen-bond acceptors (Lipinski definition) is 14. The van der Waals surface area contributed by atoms with Crippen molar-refractivity contribution < 1.29 is 67.8 Å². The third-order valence-corrected chi connectivity index (χ3v) is 12.8. The Balaban J connectivity index is 1.36. The molecule has 3 fully saturated rings. The predicted molar refractivity (Wildman–Crippen MR) is 213 cm³/mol. The maximum absolute atomic E-state index is 15.2. The molecule has 7 rings (SSSR count). The van der Waals surface area contributed by atoms with E-state index < -0.39 is 113 Å². The van der Waals surface area contributed by atoms with Crippen molar-refractivity contribution in [2.45, 2.75) is 101 Å². The SMILES string of the molecule is CC(=O)O[C@H]1C(=O)C2C([C@H](OC(=O)c3ccccc3)[C@]3(O)C[C@H](OC(=O)[C@H](O)[C@@H](NC(=O)c4ccccc4)c4ccccc4)C(C)=C1C3(C)C)[C@]1(OC(C)=O)CO[C@@H]1C[C@@H]2O. The third kappa shape index (κ3) is 7.64. The molecule has 1 amide bonds. The van der Waals surface area contributed by atoms with Crippen molar-refractivity contribution in [2.75, 3.05) is 6.61 Å². The van der Waals surface area contributed by atoms with E-state index in [1.165, 1.54) is 19.1 Å². The zero-order valence-corrected chi connectivity index (χ0v) is 34.3. The Labute approximate surface area is 352 Å². The minimum absolute atomic E-state index is 0.00524. The molecule has 3 aromatic carbocycles. The average molecular weight is 840 g/mol. The second-order valence-electron chi connectivity index (χ2n) is 16.7. The maximum atomic E-state index is 15.2. The van der Waals surface area contributed by atoms with Gasteiger partial charge in [-0.15, -0.1) is 0 Å². The van der Waals surface area contributed by atoms with Crippen LogP contribution in [0.1, 0.15) is 79.8 Å². The van der Waals surface area contributed by atoms with Gasteiger partial charge >= 0.3 is 23.9 Å². The summed E-state index contributed by atoms with van der Waals surface area (Å²) >= 11 is 0. The van der Waals surface area contributed by atoms with Gasteiger partial charge in [0, 0.05) is 37.7 Å². The summed E-state index contributed by atoms with van der Waals surface area (Å²) in [4.78, 5) is 82.7. The fourth-order valence-corrected chi connectivity index (χ4v) is 9.81. The Hall–Kier alpha value is -5.74. The van der Waals surface area contributed by atoms with Crippen molar-refractivity contribution in [3.8, 4) is 0 Å². The van der Waals surface area contributed by atoms with E-state index in [0.717, 1.165) is 13.8 Å². The van der Waals surface area contributed by atoms with Crippen LogP contribution in [0, 0.1) is 17.3 Å². The number of aliphatic hydroxyl groups is 3. The number of Topliss-reactive ketones (excluding diaryl/α,β-unsaturated/α-hetero) is 1. The standard InChI is InChI=1S/C46H49NO14/c1-24-31(59-43(55)38(52)36(27-15-9-6-10-16-27)47-41(53)28-17-11-7-12-18-28)22-46(56)40(60-42(54)29-19-13-8-14-20-29)35-33(30(50)21-32-45(35,23-57-32)61-26(3)49)37(51)39(58-25(2)48)34(24)44(46,4)5/h6-20,30-33,35-36,38-40,50,52,56H,21-23H2,1-5H3,(H,47,53)/t30-,31-,32+,33?,35?,36-,38+,39+,40-,45-,46+/m0/s1. The zero-order valence-electron chi connectivity index (χ0n) is 34.3. The Morgan fingerprint density at radius 1 is 0.836 bits per heavy atom. The van der Waals surface area contributed by atoms with Gasteiger partial charge in [0.05, 0.1) is 36.2 Å². The molecule has 61 heavy (non-hydrogen) atoms. The Kier molecular flexibility index (Phi) is 11.8. The van der Waals surface area contributed by atoms with Gasteiger partial charge in [0.2, 0.25) is 0 Å². The smallest absolute Gasteiger partial charge is 0.338 e. The summed E-state index contributed by atoms with van der Waals surface area (Å²) in [5.41, 5.74) is -4.87. The lowest BCUT2D eigenvalue weighted by atomic mass is 9.48. The normalized spacial score (nSPS) is 31.0. The number of fused-ring (bicyclic) bond motifs is 5. The quantitative estimate of drug-likeness (QED) is 0.131. The number of carbonyl (C=O) groups excluding carboxylic acids is 6. The molecule has 0 radical (unpaired) electrons. The zero-order chi connectivity index (χ0) is 44.0. The van der Waals surface area contributed by atoms with Gasteiger partial charge in [0.1, 0.15) is 23.9 Å². The molecule has 0 spiro atoms. The first-order valence-electron chi connectivity index (χ1n) is 20.1. The number of hydrogen-bond donors (Lipinski definition) is 4. The van der Waals surface area contributed by atoms with Gasteiger partial charge < -0.3 is 44.3 Å². The molecule has 3 aliphatic carbocycles. The molecule has 2 unspecified atom stereocenters. The number of benzene rings is 3. The summed E-state index contributed by atoms with van der Waals surface area (Å²) in [6.45, 7) is 6.58. The average Bonchev–Trinajstić information content (AvgIpc) is 3.22. The number of aliphatic hydroxyl groups excluding tert-OH is 2. The largest absolute Gasteiger partial charge is 0.456 e. The first-order chi connectivity index (χ1) is 28.9. The first kappa shape index (κ1) is 43.4. The van der Waals surface area contributed by atoms with Gasteiger partial charge in [-0.1, -0.05) is 80.6 Å². The lowest BCUT2D eigenvalue weighted by molar-refractivity contribution is -0.332. The molecule has 1 heterocycles. The highest BCUT2D eigenvalue weighted by Gasteiger charge is 2.75. The second-order valence-corrected chi connectivity index (χ2v) is 16.7. The van der Waals surface area contributed by atoms with Crippen LogP contribution in [0.5, 0.6) is 0 Å². The van der Waals surface area contributed by atoms with Crippen molar-refractivity contribution in [1.82, 2.24) is 5.32 Å². The van der Waals surface area contributed by atoms with E-state index in [-0.39, 0.29) is 35.3 Å². The van der Waals surface area contributed by atoms with Crippen molar-refractivity contribution >= 4 is 35.6 Å². The van der Waals surface area contributed by atoms with Crippen LogP contribution >= 0.6 is 0 Å². The topological polar surface area (TPSA) is 221 Å². The van der Waals surface area contributed by atoms with Gasteiger partial charge in [-0.2, -0.15) is 0 Å². The van der Waals surface area contributed by atoms with Crippen LogP contribution in [-0.2, 0) is 42.9 Å². The Morgan fingerprint density at radius 2 is 1.43 bits per heavy atom. The van der Waals surface area contributed by atoms with Crippen LogP contribution in [0.4, 0.5) is 0 Å². The molecule has 11 atom stereocenters. The van der Waals surface area contributed by atoms with Crippen LogP contribution in [0.3, 0.4) is 0 Å². The second kappa shape index (κ2) is 16.6. The van der Waals surface area contributed by atoms with E-state index in [4.69, 9.17) is 23.7 Å². The van der Waals surface area contributed by atoms with Crippen LogP contribution in [0.25, 0.3) is 0 Å². The van der Waals surface area contributed by atoms with Crippen LogP contribution < -0.4 is 5.32 Å². The Bertz CT molecular complexity index is 2230. The van der Waals surface area contributed by atoms with E-state index in [9.17, 15) is 39.3 Å². The molecule has 322 valence electrons. The number of carbonyl (C=O) groups is 6. The van der Waals surface area contributed by atoms with Crippen molar-refractivity contribution in [3.63, 3.8) is 0 Å². The summed E-state index contributed by atoms with van der Waals surface area (Å²) in [6, 6.07) is 22.9. The summed E-state index contributed by atoms with van der Waals surface area (Å²) in [5.74, 6) is -8.30. The fourth-order valence-electron chi connectivity index (χ4n) is 9.81. The highest BCUT2D eigenvalue weighted by Crippen LogP contribution is 2.61.